The first-order valence-corrected chi connectivity index (χ1v) is 6.90. The molecule has 0 aliphatic carbocycles. The quantitative estimate of drug-likeness (QED) is 0.879. The zero-order chi connectivity index (χ0) is 14.4. The molecule has 2 rings (SSSR count). The highest BCUT2D eigenvalue weighted by molar-refractivity contribution is 9.10. The molecule has 0 saturated heterocycles. The van der Waals surface area contributed by atoms with E-state index >= 15 is 0 Å². The molecule has 0 aliphatic rings. The average molecular weight is 335 g/mol. The molecule has 5 heteroatoms. The number of carbonyl (C=O) groups is 1. The second-order valence-electron chi connectivity index (χ2n) is 4.11. The number of para-hydroxylation sites is 1. The fourth-order valence-electron chi connectivity index (χ4n) is 1.67. The number of rotatable bonds is 5. The van der Waals surface area contributed by atoms with E-state index < -0.39 is 0 Å². The molecule has 0 aliphatic heterocycles. The molecular formula is C15H15BrN2O2. The van der Waals surface area contributed by atoms with E-state index in [0.29, 0.717) is 0 Å². The normalized spacial score (nSPS) is 9.90. The maximum atomic E-state index is 11.9. The van der Waals surface area contributed by atoms with E-state index in [9.17, 15) is 4.79 Å². The molecule has 0 radical (unpaired) electrons. The Hall–Kier alpha value is -2.01. The summed E-state index contributed by atoms with van der Waals surface area (Å²) in [6.45, 7) is 0.189. The van der Waals surface area contributed by atoms with Gasteiger partial charge in [0.2, 0.25) is 5.91 Å². The predicted octanol–water partition coefficient (Wildman–Crippen LogP) is 3.51. The van der Waals surface area contributed by atoms with E-state index in [-0.39, 0.29) is 12.5 Å². The summed E-state index contributed by atoms with van der Waals surface area (Å²) in [7, 11) is 1.61. The molecule has 2 aromatic carbocycles. The maximum Gasteiger partial charge on any atom is 0.243 e. The molecule has 0 atom stereocenters. The molecule has 1 amide bonds. The molecule has 2 N–H and O–H groups in total. The molecular weight excluding hydrogens is 320 g/mol. The number of methoxy groups -OCH3 is 1. The number of carbonyl (C=O) groups excluding carboxylic acids is 1. The predicted molar refractivity (Wildman–Crippen MR) is 84.3 cm³/mol. The van der Waals surface area contributed by atoms with Crippen molar-refractivity contribution in [2.45, 2.75) is 0 Å². The van der Waals surface area contributed by atoms with Gasteiger partial charge in [-0.2, -0.15) is 0 Å². The summed E-state index contributed by atoms with van der Waals surface area (Å²) < 4.78 is 5.98. The van der Waals surface area contributed by atoms with E-state index in [4.69, 9.17) is 4.74 Å². The summed E-state index contributed by atoms with van der Waals surface area (Å²) >= 11 is 3.39. The fraction of sp³-hybridized carbons (Fsp3) is 0.133. The Labute approximate surface area is 126 Å². The SMILES string of the molecule is COc1cccc(NCC(=O)Nc2ccccc2Br)c1. The molecule has 4 nitrogen and oxygen atoms in total. The summed E-state index contributed by atoms with van der Waals surface area (Å²) in [4.78, 5) is 11.9. The van der Waals surface area contributed by atoms with Crippen LogP contribution in [0.5, 0.6) is 5.75 Å². The minimum absolute atomic E-state index is 0.111. The number of ether oxygens (including phenoxy) is 1. The first-order valence-electron chi connectivity index (χ1n) is 6.11. The fourth-order valence-corrected chi connectivity index (χ4v) is 2.06. The first-order chi connectivity index (χ1) is 9.69. The van der Waals surface area contributed by atoms with Gasteiger partial charge in [0, 0.05) is 16.2 Å². The highest BCUT2D eigenvalue weighted by Crippen LogP contribution is 2.21. The lowest BCUT2D eigenvalue weighted by Gasteiger charge is -2.09. The van der Waals surface area contributed by atoms with Crippen molar-refractivity contribution in [1.82, 2.24) is 0 Å². The van der Waals surface area contributed by atoms with E-state index in [2.05, 4.69) is 26.6 Å². The summed E-state index contributed by atoms with van der Waals surface area (Å²) in [5, 5.41) is 5.88. The smallest absolute Gasteiger partial charge is 0.243 e. The van der Waals surface area contributed by atoms with E-state index in [1.54, 1.807) is 7.11 Å². The lowest BCUT2D eigenvalue weighted by molar-refractivity contribution is -0.114. The third kappa shape index (κ3) is 3.99. The molecule has 0 fully saturated rings. The van der Waals surface area contributed by atoms with Crippen molar-refractivity contribution in [3.8, 4) is 5.75 Å². The van der Waals surface area contributed by atoms with Gasteiger partial charge in [-0.15, -0.1) is 0 Å². The molecule has 104 valence electrons. The Bertz CT molecular complexity index is 602. The lowest BCUT2D eigenvalue weighted by Crippen LogP contribution is -2.21. The number of hydrogen-bond donors (Lipinski definition) is 2. The van der Waals surface area contributed by atoms with Crippen LogP contribution in [0.15, 0.2) is 53.0 Å². The highest BCUT2D eigenvalue weighted by Gasteiger charge is 2.05. The van der Waals surface area contributed by atoms with Gasteiger partial charge in [-0.3, -0.25) is 4.79 Å². The van der Waals surface area contributed by atoms with Crippen molar-refractivity contribution in [3.05, 3.63) is 53.0 Å². The second-order valence-corrected chi connectivity index (χ2v) is 4.97. The van der Waals surface area contributed by atoms with Crippen LogP contribution in [0.1, 0.15) is 0 Å². The van der Waals surface area contributed by atoms with Gasteiger partial charge < -0.3 is 15.4 Å². The zero-order valence-corrected chi connectivity index (χ0v) is 12.6. The van der Waals surface area contributed by atoms with Crippen LogP contribution in [-0.2, 0) is 4.79 Å². The topological polar surface area (TPSA) is 50.4 Å². The Kier molecular flexibility index (Phi) is 5.01. The number of halogens is 1. The summed E-state index contributed by atoms with van der Waals surface area (Å²) in [6.07, 6.45) is 0. The van der Waals surface area contributed by atoms with Gasteiger partial charge in [-0.25, -0.2) is 0 Å². The van der Waals surface area contributed by atoms with Crippen LogP contribution in [-0.4, -0.2) is 19.6 Å². The van der Waals surface area contributed by atoms with Crippen molar-refractivity contribution < 1.29 is 9.53 Å². The van der Waals surface area contributed by atoms with Crippen molar-refractivity contribution >= 4 is 33.2 Å². The maximum absolute atomic E-state index is 11.9. The van der Waals surface area contributed by atoms with Crippen LogP contribution >= 0.6 is 15.9 Å². The van der Waals surface area contributed by atoms with Gasteiger partial charge in [0.25, 0.3) is 0 Å². The van der Waals surface area contributed by atoms with Gasteiger partial charge in [-0.05, 0) is 40.2 Å². The average Bonchev–Trinajstić information content (AvgIpc) is 2.48. The number of benzene rings is 2. The molecule has 20 heavy (non-hydrogen) atoms. The van der Waals surface area contributed by atoms with Crippen molar-refractivity contribution in [1.29, 1.82) is 0 Å². The Balaban J connectivity index is 1.90. The number of nitrogens with one attached hydrogen (secondary N) is 2. The number of amides is 1. The number of hydrogen-bond acceptors (Lipinski definition) is 3. The van der Waals surface area contributed by atoms with Crippen LogP contribution in [0.3, 0.4) is 0 Å². The highest BCUT2D eigenvalue weighted by atomic mass is 79.9. The summed E-state index contributed by atoms with van der Waals surface area (Å²) in [5.74, 6) is 0.640. The monoisotopic (exact) mass is 334 g/mol. The van der Waals surface area contributed by atoms with Crippen molar-refractivity contribution in [2.24, 2.45) is 0 Å². The zero-order valence-electron chi connectivity index (χ0n) is 11.0. The molecule has 2 aromatic rings. The van der Waals surface area contributed by atoms with Gasteiger partial charge in [0.1, 0.15) is 5.75 Å². The van der Waals surface area contributed by atoms with E-state index in [0.717, 1.165) is 21.6 Å². The number of anilines is 2. The van der Waals surface area contributed by atoms with Crippen molar-refractivity contribution in [3.63, 3.8) is 0 Å². The minimum Gasteiger partial charge on any atom is -0.497 e. The molecule has 0 aromatic heterocycles. The Morgan fingerprint density at radius 1 is 1.20 bits per heavy atom. The van der Waals surface area contributed by atoms with Gasteiger partial charge in [0.15, 0.2) is 0 Å². The molecule has 0 unspecified atom stereocenters. The van der Waals surface area contributed by atoms with Crippen LogP contribution in [0, 0.1) is 0 Å². The summed E-state index contributed by atoms with van der Waals surface area (Å²) in [5.41, 5.74) is 1.59. The first kappa shape index (κ1) is 14.4. The molecule has 0 bridgehead atoms. The third-order valence-electron chi connectivity index (χ3n) is 2.67. The summed E-state index contributed by atoms with van der Waals surface area (Å²) in [6, 6.07) is 14.9. The third-order valence-corrected chi connectivity index (χ3v) is 3.36. The molecule has 0 heterocycles. The minimum atomic E-state index is -0.111. The second kappa shape index (κ2) is 6.96. The Morgan fingerprint density at radius 2 is 2.00 bits per heavy atom. The largest absolute Gasteiger partial charge is 0.497 e. The molecule has 0 spiro atoms. The van der Waals surface area contributed by atoms with Crippen LogP contribution in [0.4, 0.5) is 11.4 Å². The van der Waals surface area contributed by atoms with Crippen LogP contribution in [0.2, 0.25) is 0 Å². The lowest BCUT2D eigenvalue weighted by atomic mass is 10.3. The van der Waals surface area contributed by atoms with Crippen molar-refractivity contribution in [2.75, 3.05) is 24.3 Å². The van der Waals surface area contributed by atoms with Gasteiger partial charge >= 0.3 is 0 Å². The standard InChI is InChI=1S/C15H15BrN2O2/c1-20-12-6-4-5-11(9-12)17-10-15(19)18-14-8-3-2-7-13(14)16/h2-9,17H,10H2,1H3,(H,18,19). The van der Waals surface area contributed by atoms with Crippen LogP contribution in [0.25, 0.3) is 0 Å². The van der Waals surface area contributed by atoms with E-state index in [1.807, 2.05) is 48.5 Å². The Morgan fingerprint density at radius 3 is 2.75 bits per heavy atom. The van der Waals surface area contributed by atoms with Crippen LogP contribution < -0.4 is 15.4 Å². The molecule has 0 saturated carbocycles. The van der Waals surface area contributed by atoms with E-state index in [1.165, 1.54) is 0 Å². The van der Waals surface area contributed by atoms with Gasteiger partial charge in [-0.1, -0.05) is 18.2 Å². The van der Waals surface area contributed by atoms with Gasteiger partial charge in [0.05, 0.1) is 19.3 Å².